The molecule has 34 valence electrons. The Balaban J connectivity index is 2.38. The van der Waals surface area contributed by atoms with Gasteiger partial charge >= 0.3 is 0 Å². The summed E-state index contributed by atoms with van der Waals surface area (Å²) in [5, 5.41) is 7.20. The fourth-order valence-corrected chi connectivity index (χ4v) is 0.443. The Morgan fingerprint density at radius 2 is 2.50 bits per heavy atom. The highest BCUT2D eigenvalue weighted by Gasteiger charge is 1.97. The Morgan fingerprint density at radius 1 is 1.67 bits per heavy atom. The van der Waals surface area contributed by atoms with Crippen LogP contribution in [-0.4, -0.2) is 17.5 Å². The van der Waals surface area contributed by atoms with Crippen molar-refractivity contribution in [3.8, 4) is 0 Å². The Bertz CT molecular complexity index is 71.2. The summed E-state index contributed by atoms with van der Waals surface area (Å²) in [6, 6.07) is 0. The largest absolute Gasteiger partial charge is 0.222 e. The van der Waals surface area contributed by atoms with Gasteiger partial charge in [0, 0.05) is 0 Å². The Morgan fingerprint density at radius 3 is 2.67 bits per heavy atom. The first-order chi connectivity index (χ1) is 2.89. The normalized spacial score (nSPS) is 19.8. The van der Waals surface area contributed by atoms with Crippen molar-refractivity contribution >= 4 is 12.8 Å². The summed E-state index contributed by atoms with van der Waals surface area (Å²) >= 11 is 3.87. The number of rotatable bonds is 0. The Labute approximate surface area is 41.6 Å². The molecule has 0 radical (unpaired) electrons. The molecule has 0 atom stereocenters. The molecule has 1 aliphatic heterocycles. The van der Waals surface area contributed by atoms with Gasteiger partial charge in [0.05, 0.1) is 13.1 Å². The highest BCUT2D eigenvalue weighted by Crippen LogP contribution is 2.00. The van der Waals surface area contributed by atoms with Gasteiger partial charge in [0.25, 0.3) is 0 Å². The van der Waals surface area contributed by atoms with Crippen LogP contribution in [0.5, 0.6) is 0 Å². The highest BCUT2D eigenvalue weighted by molar-refractivity contribution is 7.77. The first kappa shape index (κ1) is 3.92. The molecule has 0 unspecified atom stereocenters. The summed E-state index contributed by atoms with van der Waals surface area (Å²) in [5.41, 5.74) is 0. The van der Waals surface area contributed by atoms with Crippen LogP contribution >= 0.6 is 12.8 Å². The molecule has 6 heavy (non-hydrogen) atoms. The van der Waals surface area contributed by atoms with Crippen molar-refractivity contribution in [1.29, 1.82) is 0 Å². The van der Waals surface area contributed by atoms with Crippen LogP contribution in [0.25, 0.3) is 0 Å². The maximum absolute atomic E-state index is 3.87. The van der Waals surface area contributed by atoms with E-state index >= 15 is 0 Å². The van der Waals surface area contributed by atoms with E-state index < -0.39 is 0 Å². The molecule has 4 heteroatoms. The van der Waals surface area contributed by atoms with Gasteiger partial charge in [0.15, 0.2) is 0 Å². The van der Waals surface area contributed by atoms with E-state index in [1.165, 1.54) is 4.41 Å². The average Bonchev–Trinajstić information content (AvgIpc) is 1.86. The standard InChI is InChI=1S/C2H5N3S/c6-5-2-1-3-4-5/h6H,1-2H2. The Kier molecular flexibility index (Phi) is 0.959. The third kappa shape index (κ3) is 0.622. The molecule has 0 saturated carbocycles. The molecule has 1 heterocycles. The van der Waals surface area contributed by atoms with Gasteiger partial charge in [0.1, 0.15) is 0 Å². The molecule has 0 aromatic heterocycles. The molecule has 1 rings (SSSR count). The van der Waals surface area contributed by atoms with Gasteiger partial charge in [-0.2, -0.15) is 5.11 Å². The number of hydrogen-bond donors (Lipinski definition) is 1. The van der Waals surface area contributed by atoms with Crippen LogP contribution in [0.3, 0.4) is 0 Å². The maximum Gasteiger partial charge on any atom is 0.0823 e. The molecule has 3 nitrogen and oxygen atoms in total. The first-order valence-electron chi connectivity index (χ1n) is 1.73. The smallest absolute Gasteiger partial charge is 0.0823 e. The van der Waals surface area contributed by atoms with Crippen molar-refractivity contribution in [2.75, 3.05) is 13.1 Å². The quantitative estimate of drug-likeness (QED) is 0.444. The molecule has 0 aromatic carbocycles. The number of nitrogens with zero attached hydrogens (tertiary/aromatic N) is 3. The lowest BCUT2D eigenvalue weighted by atomic mass is 10.7. The topological polar surface area (TPSA) is 28.0 Å². The van der Waals surface area contributed by atoms with E-state index in [4.69, 9.17) is 0 Å². The summed E-state index contributed by atoms with van der Waals surface area (Å²) in [7, 11) is 0. The third-order valence-corrected chi connectivity index (χ3v) is 0.846. The van der Waals surface area contributed by atoms with Gasteiger partial charge in [-0.3, -0.25) is 0 Å². The molecule has 0 N–H and O–H groups in total. The minimum Gasteiger partial charge on any atom is -0.222 e. The summed E-state index contributed by atoms with van der Waals surface area (Å²) in [6.45, 7) is 1.65. The van der Waals surface area contributed by atoms with Crippen LogP contribution in [0.2, 0.25) is 0 Å². The van der Waals surface area contributed by atoms with Crippen LogP contribution < -0.4 is 0 Å². The van der Waals surface area contributed by atoms with Gasteiger partial charge in [-0.05, 0) is 12.8 Å². The van der Waals surface area contributed by atoms with Gasteiger partial charge in [-0.1, -0.05) is 5.22 Å². The zero-order chi connectivity index (χ0) is 4.41. The van der Waals surface area contributed by atoms with Crippen LogP contribution in [0, 0.1) is 0 Å². The molecule has 0 aromatic rings. The van der Waals surface area contributed by atoms with Gasteiger partial charge in [-0.15, -0.1) is 0 Å². The molecule has 0 aliphatic carbocycles. The molecular weight excluding hydrogens is 98.1 g/mol. The molecule has 1 aliphatic rings. The zero-order valence-corrected chi connectivity index (χ0v) is 4.10. The molecule has 0 bridgehead atoms. The minimum atomic E-state index is 0.795. The van der Waals surface area contributed by atoms with Gasteiger partial charge in [-0.25, -0.2) is 4.41 Å². The predicted molar refractivity (Wildman–Crippen MR) is 25.4 cm³/mol. The van der Waals surface area contributed by atoms with Gasteiger partial charge in [0.2, 0.25) is 0 Å². The van der Waals surface area contributed by atoms with Crippen molar-refractivity contribution in [3.05, 3.63) is 0 Å². The van der Waals surface area contributed by atoms with E-state index in [0.29, 0.717) is 0 Å². The van der Waals surface area contributed by atoms with E-state index in [-0.39, 0.29) is 0 Å². The fourth-order valence-electron chi connectivity index (χ4n) is 0.297. The van der Waals surface area contributed by atoms with Crippen LogP contribution in [0.4, 0.5) is 0 Å². The highest BCUT2D eigenvalue weighted by atomic mass is 32.1. The van der Waals surface area contributed by atoms with E-state index in [1.807, 2.05) is 0 Å². The monoisotopic (exact) mass is 103 g/mol. The minimum absolute atomic E-state index is 0.795. The van der Waals surface area contributed by atoms with E-state index in [1.54, 1.807) is 0 Å². The lowest BCUT2D eigenvalue weighted by molar-refractivity contribution is 0.568. The van der Waals surface area contributed by atoms with Crippen molar-refractivity contribution in [2.45, 2.75) is 0 Å². The summed E-state index contributed by atoms with van der Waals surface area (Å²) in [4.78, 5) is 0. The van der Waals surface area contributed by atoms with Crippen LogP contribution in [0.15, 0.2) is 10.3 Å². The third-order valence-electron chi connectivity index (χ3n) is 0.566. The predicted octanol–water partition coefficient (Wildman–Crippen LogP) is 0.514. The molecule has 0 amide bonds. The second-order valence-electron chi connectivity index (χ2n) is 1.05. The molecule has 0 fully saturated rings. The second kappa shape index (κ2) is 1.47. The summed E-state index contributed by atoms with van der Waals surface area (Å²) in [5.74, 6) is 0. The second-order valence-corrected chi connectivity index (χ2v) is 1.51. The number of hydrogen-bond acceptors (Lipinski definition) is 4. The van der Waals surface area contributed by atoms with E-state index in [2.05, 4.69) is 23.2 Å². The lowest BCUT2D eigenvalue weighted by Gasteiger charge is -1.94. The fraction of sp³-hybridized carbons (Fsp3) is 1.00. The summed E-state index contributed by atoms with van der Waals surface area (Å²) < 4.78 is 1.51. The van der Waals surface area contributed by atoms with Crippen molar-refractivity contribution in [1.82, 2.24) is 4.41 Å². The average molecular weight is 103 g/mol. The van der Waals surface area contributed by atoms with Crippen molar-refractivity contribution in [3.63, 3.8) is 0 Å². The van der Waals surface area contributed by atoms with E-state index in [9.17, 15) is 0 Å². The zero-order valence-electron chi connectivity index (χ0n) is 3.20. The Hall–Kier alpha value is -0.250. The summed E-state index contributed by atoms with van der Waals surface area (Å²) in [6.07, 6.45) is 0. The SMILES string of the molecule is SN1CCN=N1. The van der Waals surface area contributed by atoms with Crippen molar-refractivity contribution in [2.24, 2.45) is 10.3 Å². The van der Waals surface area contributed by atoms with Crippen LogP contribution in [-0.2, 0) is 0 Å². The van der Waals surface area contributed by atoms with Crippen LogP contribution in [0.1, 0.15) is 0 Å². The number of thiol groups is 1. The molecule has 0 spiro atoms. The molecule has 0 saturated heterocycles. The first-order valence-corrected chi connectivity index (χ1v) is 2.13. The van der Waals surface area contributed by atoms with Crippen molar-refractivity contribution < 1.29 is 0 Å². The maximum atomic E-state index is 3.87. The molecular formula is C2H5N3S. The van der Waals surface area contributed by atoms with E-state index in [0.717, 1.165) is 13.1 Å². The lowest BCUT2D eigenvalue weighted by Crippen LogP contribution is -1.99. The van der Waals surface area contributed by atoms with Gasteiger partial charge < -0.3 is 0 Å².